The van der Waals surface area contributed by atoms with Crippen LogP contribution in [0, 0.1) is 5.92 Å². The monoisotopic (exact) mass is 453 g/mol. The van der Waals surface area contributed by atoms with Gasteiger partial charge in [-0.05, 0) is 36.6 Å². The number of carboxylic acid groups (broad SMARTS) is 1. The maximum absolute atomic E-state index is 13.1. The van der Waals surface area contributed by atoms with Gasteiger partial charge in [-0.15, -0.1) is 0 Å². The van der Waals surface area contributed by atoms with Gasteiger partial charge in [0.05, 0.1) is 13.0 Å². The first kappa shape index (κ1) is 25.6. The molecule has 2 N–H and O–H groups in total. The molecule has 0 bridgehead atoms. The number of rotatable bonds is 12. The predicted molar refractivity (Wildman–Crippen MR) is 126 cm³/mol. The third-order valence-electron chi connectivity index (χ3n) is 4.95. The zero-order valence-electron chi connectivity index (χ0n) is 19.1. The van der Waals surface area contributed by atoms with Crippen LogP contribution in [-0.4, -0.2) is 64.8 Å². The fourth-order valence-electron chi connectivity index (χ4n) is 3.11. The SMILES string of the molecule is CC(C)CCN(CC(=O)Nc1ccccc1)C(=O)CN(CCC(=O)O)C(=O)c1ccccc1. The van der Waals surface area contributed by atoms with Gasteiger partial charge in [-0.2, -0.15) is 0 Å². The third kappa shape index (κ3) is 9.14. The number of carbonyl (C=O) groups excluding carboxylic acids is 3. The first-order valence-corrected chi connectivity index (χ1v) is 10.9. The minimum atomic E-state index is -1.06. The standard InChI is InChI=1S/C25H31N3O5/c1-19(2)13-15-27(17-22(29)26-21-11-7-4-8-12-21)23(30)18-28(16-14-24(31)32)25(33)20-9-5-3-6-10-20/h3-12,19H,13-18H2,1-2H3,(H,26,29)(H,31,32). The van der Waals surface area contributed by atoms with Gasteiger partial charge in [0.2, 0.25) is 11.8 Å². The van der Waals surface area contributed by atoms with Crippen molar-refractivity contribution in [3.05, 3.63) is 66.2 Å². The molecule has 0 atom stereocenters. The maximum atomic E-state index is 13.1. The first-order chi connectivity index (χ1) is 15.8. The highest BCUT2D eigenvalue weighted by Crippen LogP contribution is 2.10. The molecule has 0 heterocycles. The van der Waals surface area contributed by atoms with Gasteiger partial charge in [0.25, 0.3) is 5.91 Å². The van der Waals surface area contributed by atoms with Gasteiger partial charge in [0, 0.05) is 24.3 Å². The summed E-state index contributed by atoms with van der Waals surface area (Å²) in [5.41, 5.74) is 0.993. The van der Waals surface area contributed by atoms with E-state index in [-0.39, 0.29) is 32.0 Å². The number of nitrogens with one attached hydrogen (secondary N) is 1. The van der Waals surface area contributed by atoms with Crippen molar-refractivity contribution in [3.8, 4) is 0 Å². The molecule has 0 saturated carbocycles. The molecule has 3 amide bonds. The number of aliphatic carboxylic acids is 1. The Morgan fingerprint density at radius 1 is 0.848 bits per heavy atom. The quantitative estimate of drug-likeness (QED) is 0.514. The zero-order valence-corrected chi connectivity index (χ0v) is 19.1. The van der Waals surface area contributed by atoms with Gasteiger partial charge in [0.15, 0.2) is 0 Å². The van der Waals surface area contributed by atoms with Crippen LogP contribution in [0.15, 0.2) is 60.7 Å². The van der Waals surface area contributed by atoms with Crippen molar-refractivity contribution in [1.29, 1.82) is 0 Å². The Balaban J connectivity index is 2.13. The molecule has 2 aromatic carbocycles. The molecule has 8 nitrogen and oxygen atoms in total. The molecule has 0 aliphatic carbocycles. The molecular weight excluding hydrogens is 422 g/mol. The summed E-state index contributed by atoms with van der Waals surface area (Å²) >= 11 is 0. The summed E-state index contributed by atoms with van der Waals surface area (Å²) in [6.07, 6.45) is 0.401. The number of carboxylic acids is 1. The van der Waals surface area contributed by atoms with Crippen molar-refractivity contribution < 1.29 is 24.3 Å². The van der Waals surface area contributed by atoms with Crippen molar-refractivity contribution in [2.24, 2.45) is 5.92 Å². The molecule has 0 aliphatic heterocycles. The van der Waals surface area contributed by atoms with E-state index in [0.717, 1.165) is 0 Å². The summed E-state index contributed by atoms with van der Waals surface area (Å²) in [6.45, 7) is 3.81. The van der Waals surface area contributed by atoms with Crippen LogP contribution in [0.5, 0.6) is 0 Å². The van der Waals surface area contributed by atoms with Crippen LogP contribution in [0.2, 0.25) is 0 Å². The highest BCUT2D eigenvalue weighted by Gasteiger charge is 2.24. The van der Waals surface area contributed by atoms with E-state index in [9.17, 15) is 19.2 Å². The van der Waals surface area contributed by atoms with E-state index in [4.69, 9.17) is 5.11 Å². The molecule has 0 fully saturated rings. The van der Waals surface area contributed by atoms with Crippen LogP contribution in [0.1, 0.15) is 37.0 Å². The lowest BCUT2D eigenvalue weighted by Gasteiger charge is -2.28. The molecule has 0 spiro atoms. The molecule has 176 valence electrons. The van der Waals surface area contributed by atoms with Gasteiger partial charge in [-0.3, -0.25) is 19.2 Å². The van der Waals surface area contributed by atoms with Gasteiger partial charge in [-0.25, -0.2) is 0 Å². The van der Waals surface area contributed by atoms with E-state index >= 15 is 0 Å². The molecule has 0 radical (unpaired) electrons. The number of hydrogen-bond acceptors (Lipinski definition) is 4. The highest BCUT2D eigenvalue weighted by atomic mass is 16.4. The fourth-order valence-corrected chi connectivity index (χ4v) is 3.11. The van der Waals surface area contributed by atoms with Crippen molar-refractivity contribution in [2.75, 3.05) is 31.5 Å². The largest absolute Gasteiger partial charge is 0.481 e. The van der Waals surface area contributed by atoms with E-state index in [1.54, 1.807) is 54.6 Å². The number of carbonyl (C=O) groups is 4. The maximum Gasteiger partial charge on any atom is 0.305 e. The summed E-state index contributed by atoms with van der Waals surface area (Å²) in [7, 11) is 0. The van der Waals surface area contributed by atoms with E-state index in [0.29, 0.717) is 30.1 Å². The summed E-state index contributed by atoms with van der Waals surface area (Å²) < 4.78 is 0. The zero-order chi connectivity index (χ0) is 24.2. The molecule has 2 rings (SSSR count). The topological polar surface area (TPSA) is 107 Å². The second-order valence-electron chi connectivity index (χ2n) is 8.15. The number of benzene rings is 2. The Kier molecular flexibility index (Phi) is 10.1. The second-order valence-corrected chi connectivity index (χ2v) is 8.15. The van der Waals surface area contributed by atoms with E-state index in [1.165, 1.54) is 9.80 Å². The van der Waals surface area contributed by atoms with Crippen molar-refractivity contribution in [1.82, 2.24) is 9.80 Å². The molecular formula is C25H31N3O5. The Morgan fingerprint density at radius 2 is 1.45 bits per heavy atom. The van der Waals surface area contributed by atoms with Crippen molar-refractivity contribution in [3.63, 3.8) is 0 Å². The van der Waals surface area contributed by atoms with E-state index < -0.39 is 17.8 Å². The summed E-state index contributed by atoms with van der Waals surface area (Å²) in [5.74, 6) is -1.93. The van der Waals surface area contributed by atoms with Crippen LogP contribution in [0.25, 0.3) is 0 Å². The Hall–Kier alpha value is -3.68. The third-order valence-corrected chi connectivity index (χ3v) is 4.95. The highest BCUT2D eigenvalue weighted by molar-refractivity contribution is 5.98. The molecule has 2 aromatic rings. The average Bonchev–Trinajstić information content (AvgIpc) is 2.79. The number of nitrogens with zero attached hydrogens (tertiary/aromatic N) is 2. The number of hydrogen-bond donors (Lipinski definition) is 2. The molecule has 0 saturated heterocycles. The average molecular weight is 454 g/mol. The Morgan fingerprint density at radius 3 is 2.03 bits per heavy atom. The lowest BCUT2D eigenvalue weighted by atomic mass is 10.1. The normalized spacial score (nSPS) is 10.5. The Labute approximate surface area is 194 Å². The van der Waals surface area contributed by atoms with Crippen LogP contribution >= 0.6 is 0 Å². The molecule has 0 aromatic heterocycles. The molecule has 0 aliphatic rings. The van der Waals surface area contributed by atoms with E-state index in [1.807, 2.05) is 19.9 Å². The predicted octanol–water partition coefficient (Wildman–Crippen LogP) is 3.12. The van der Waals surface area contributed by atoms with Gasteiger partial charge >= 0.3 is 5.97 Å². The smallest absolute Gasteiger partial charge is 0.305 e. The summed E-state index contributed by atoms with van der Waals surface area (Å²) in [4.78, 5) is 52.4. The van der Waals surface area contributed by atoms with E-state index in [2.05, 4.69) is 5.32 Å². The minimum Gasteiger partial charge on any atom is -0.481 e. The number of para-hydroxylation sites is 1. The lowest BCUT2D eigenvalue weighted by Crippen LogP contribution is -2.46. The molecule has 0 unspecified atom stereocenters. The Bertz CT molecular complexity index is 932. The van der Waals surface area contributed by atoms with Crippen molar-refractivity contribution in [2.45, 2.75) is 26.7 Å². The number of amides is 3. The van der Waals surface area contributed by atoms with Crippen LogP contribution in [0.3, 0.4) is 0 Å². The van der Waals surface area contributed by atoms with Gasteiger partial charge < -0.3 is 20.2 Å². The summed E-state index contributed by atoms with van der Waals surface area (Å²) in [5, 5.41) is 11.8. The molecule has 33 heavy (non-hydrogen) atoms. The van der Waals surface area contributed by atoms with Crippen LogP contribution in [-0.2, 0) is 14.4 Å². The van der Waals surface area contributed by atoms with Gasteiger partial charge in [-0.1, -0.05) is 50.2 Å². The van der Waals surface area contributed by atoms with Crippen LogP contribution < -0.4 is 5.32 Å². The summed E-state index contributed by atoms with van der Waals surface area (Å²) in [6, 6.07) is 17.3. The fraction of sp³-hybridized carbons (Fsp3) is 0.360. The second kappa shape index (κ2) is 13.0. The van der Waals surface area contributed by atoms with Crippen LogP contribution in [0.4, 0.5) is 5.69 Å². The van der Waals surface area contributed by atoms with Crippen molar-refractivity contribution >= 4 is 29.4 Å². The molecule has 8 heteroatoms. The lowest BCUT2D eigenvalue weighted by molar-refractivity contribution is -0.138. The minimum absolute atomic E-state index is 0.108. The first-order valence-electron chi connectivity index (χ1n) is 10.9. The number of anilines is 1. The van der Waals surface area contributed by atoms with Gasteiger partial charge in [0.1, 0.15) is 6.54 Å².